The molecule has 0 fully saturated rings. The van der Waals surface area contributed by atoms with Gasteiger partial charge < -0.3 is 9.67 Å². The van der Waals surface area contributed by atoms with E-state index in [1.807, 2.05) is 36.4 Å². The van der Waals surface area contributed by atoms with Crippen molar-refractivity contribution in [2.24, 2.45) is 0 Å². The summed E-state index contributed by atoms with van der Waals surface area (Å²) in [4.78, 5) is 11.0. The number of aromatic carboxylic acids is 1. The summed E-state index contributed by atoms with van der Waals surface area (Å²) in [6, 6.07) is 12.8. The molecule has 4 heteroatoms. The van der Waals surface area contributed by atoms with Crippen molar-refractivity contribution in [3.8, 4) is 6.07 Å². The number of carbonyl (C=O) groups is 1. The smallest absolute Gasteiger partial charge is 0.352 e. The zero-order valence-corrected chi connectivity index (χ0v) is 9.45. The summed E-state index contributed by atoms with van der Waals surface area (Å²) >= 11 is 0. The van der Waals surface area contributed by atoms with Crippen molar-refractivity contribution in [1.29, 1.82) is 5.26 Å². The van der Waals surface area contributed by atoms with Crippen LogP contribution in [0.15, 0.2) is 42.6 Å². The Morgan fingerprint density at radius 2 is 2.06 bits per heavy atom. The minimum atomic E-state index is -1.06. The Labute approximate surface area is 104 Å². The van der Waals surface area contributed by atoms with Gasteiger partial charge >= 0.3 is 5.97 Å². The summed E-state index contributed by atoms with van der Waals surface area (Å²) < 4.78 is 1.42. The highest BCUT2D eigenvalue weighted by atomic mass is 16.4. The van der Waals surface area contributed by atoms with Crippen molar-refractivity contribution < 1.29 is 9.90 Å². The topological polar surface area (TPSA) is 66.0 Å². The molecule has 1 aromatic carbocycles. The number of hydrogen-bond acceptors (Lipinski definition) is 2. The number of aromatic nitrogens is 1. The zero-order valence-electron chi connectivity index (χ0n) is 9.45. The Kier molecular flexibility index (Phi) is 3.26. The molecule has 0 aliphatic rings. The van der Waals surface area contributed by atoms with E-state index in [4.69, 9.17) is 10.4 Å². The number of rotatable bonds is 3. The second kappa shape index (κ2) is 5.02. The molecule has 4 nitrogen and oxygen atoms in total. The fourth-order valence-electron chi connectivity index (χ4n) is 1.57. The Morgan fingerprint density at radius 1 is 1.33 bits per heavy atom. The van der Waals surface area contributed by atoms with E-state index in [-0.39, 0.29) is 5.69 Å². The van der Waals surface area contributed by atoms with Crippen LogP contribution < -0.4 is 0 Å². The van der Waals surface area contributed by atoms with Crippen molar-refractivity contribution in [3.63, 3.8) is 0 Å². The fourth-order valence-corrected chi connectivity index (χ4v) is 1.57. The number of carboxylic acid groups (broad SMARTS) is 1. The molecule has 1 heterocycles. The standard InChI is InChI=1S/C14H10N2O2/c15-9-12-8-13(14(17)18)16(10-12)7-6-11-4-2-1-3-5-11/h1-8,10H,(H,17,18)/b7-6-. The molecule has 0 aliphatic heterocycles. The molecule has 0 amide bonds. The van der Waals surface area contributed by atoms with E-state index in [0.29, 0.717) is 5.56 Å². The van der Waals surface area contributed by atoms with Gasteiger partial charge in [0.05, 0.1) is 5.56 Å². The van der Waals surface area contributed by atoms with Gasteiger partial charge in [0, 0.05) is 12.4 Å². The number of benzene rings is 1. The summed E-state index contributed by atoms with van der Waals surface area (Å²) in [5.41, 5.74) is 1.35. The van der Waals surface area contributed by atoms with Crippen LogP contribution in [0, 0.1) is 11.3 Å². The molecule has 0 radical (unpaired) electrons. The van der Waals surface area contributed by atoms with Gasteiger partial charge in [-0.05, 0) is 17.7 Å². The van der Waals surface area contributed by atoms with Gasteiger partial charge in [0.25, 0.3) is 0 Å². The lowest BCUT2D eigenvalue weighted by molar-refractivity contribution is 0.0689. The summed E-state index contributed by atoms with van der Waals surface area (Å²) in [6.07, 6.45) is 4.90. The normalized spacial score (nSPS) is 10.4. The molecule has 88 valence electrons. The number of nitrogens with zero attached hydrogens (tertiary/aromatic N) is 2. The zero-order chi connectivity index (χ0) is 13.0. The molecule has 2 rings (SSSR count). The van der Waals surface area contributed by atoms with E-state index < -0.39 is 5.97 Å². The van der Waals surface area contributed by atoms with Crippen molar-refractivity contribution >= 4 is 18.2 Å². The van der Waals surface area contributed by atoms with Crippen LogP contribution >= 0.6 is 0 Å². The van der Waals surface area contributed by atoms with Crippen LogP contribution in [-0.4, -0.2) is 15.6 Å². The maximum atomic E-state index is 11.0. The SMILES string of the molecule is N#Cc1cc(C(=O)O)n(/C=C\c2ccccc2)c1. The van der Waals surface area contributed by atoms with Crippen LogP contribution in [0.3, 0.4) is 0 Å². The minimum absolute atomic E-state index is 0.0683. The Morgan fingerprint density at radius 3 is 2.67 bits per heavy atom. The van der Waals surface area contributed by atoms with Gasteiger partial charge in [0.2, 0.25) is 0 Å². The number of nitriles is 1. The largest absolute Gasteiger partial charge is 0.477 e. The number of hydrogen-bond donors (Lipinski definition) is 1. The van der Waals surface area contributed by atoms with Crippen LogP contribution in [0.1, 0.15) is 21.6 Å². The average Bonchev–Trinajstić information content (AvgIpc) is 2.81. The molecule has 18 heavy (non-hydrogen) atoms. The van der Waals surface area contributed by atoms with Gasteiger partial charge in [-0.25, -0.2) is 4.79 Å². The fraction of sp³-hybridized carbons (Fsp3) is 0. The van der Waals surface area contributed by atoms with Gasteiger partial charge in [-0.15, -0.1) is 0 Å². The van der Waals surface area contributed by atoms with Gasteiger partial charge in [0.1, 0.15) is 11.8 Å². The molecule has 0 atom stereocenters. The molecule has 0 saturated heterocycles. The Balaban J connectivity index is 2.34. The molecule has 1 N–H and O–H groups in total. The summed E-state index contributed by atoms with van der Waals surface area (Å²) in [5, 5.41) is 17.8. The molecule has 0 unspecified atom stereocenters. The lowest BCUT2D eigenvalue weighted by atomic mass is 10.2. The van der Waals surface area contributed by atoms with E-state index >= 15 is 0 Å². The van der Waals surface area contributed by atoms with Crippen LogP contribution in [0.2, 0.25) is 0 Å². The van der Waals surface area contributed by atoms with Crippen molar-refractivity contribution in [1.82, 2.24) is 4.57 Å². The molecule has 1 aromatic heterocycles. The summed E-state index contributed by atoms with van der Waals surface area (Å²) in [5.74, 6) is -1.06. The quantitative estimate of drug-likeness (QED) is 0.893. The maximum absolute atomic E-state index is 11.0. The maximum Gasteiger partial charge on any atom is 0.352 e. The van der Waals surface area contributed by atoms with E-state index in [0.717, 1.165) is 5.56 Å². The summed E-state index contributed by atoms with van der Waals surface area (Å²) in [6.45, 7) is 0. The first-order chi connectivity index (χ1) is 8.70. The Bertz CT molecular complexity index is 634. The Hall–Kier alpha value is -2.80. The average molecular weight is 238 g/mol. The van der Waals surface area contributed by atoms with Crippen LogP contribution in [-0.2, 0) is 0 Å². The first kappa shape index (κ1) is 11.7. The minimum Gasteiger partial charge on any atom is -0.477 e. The monoisotopic (exact) mass is 238 g/mol. The highest BCUT2D eigenvalue weighted by molar-refractivity contribution is 5.88. The van der Waals surface area contributed by atoms with Crippen LogP contribution in [0.4, 0.5) is 0 Å². The van der Waals surface area contributed by atoms with Gasteiger partial charge in [-0.3, -0.25) is 0 Å². The number of carboxylic acids is 1. The highest BCUT2D eigenvalue weighted by Gasteiger charge is 2.10. The van der Waals surface area contributed by atoms with Crippen molar-refractivity contribution in [2.75, 3.05) is 0 Å². The molecule has 0 aliphatic carbocycles. The molecule has 0 bridgehead atoms. The van der Waals surface area contributed by atoms with E-state index in [9.17, 15) is 4.79 Å². The van der Waals surface area contributed by atoms with Gasteiger partial charge in [-0.2, -0.15) is 5.26 Å². The van der Waals surface area contributed by atoms with Gasteiger partial charge in [-0.1, -0.05) is 30.3 Å². The third-order valence-corrected chi connectivity index (χ3v) is 2.42. The highest BCUT2D eigenvalue weighted by Crippen LogP contribution is 2.10. The third-order valence-electron chi connectivity index (χ3n) is 2.42. The molecular formula is C14H10N2O2. The molecular weight excluding hydrogens is 228 g/mol. The predicted molar refractivity (Wildman–Crippen MR) is 67.8 cm³/mol. The molecule has 0 spiro atoms. The lowest BCUT2D eigenvalue weighted by Gasteiger charge is -1.98. The van der Waals surface area contributed by atoms with Gasteiger partial charge in [0.15, 0.2) is 0 Å². The summed E-state index contributed by atoms with van der Waals surface area (Å²) in [7, 11) is 0. The first-order valence-electron chi connectivity index (χ1n) is 5.29. The van der Waals surface area contributed by atoms with Crippen molar-refractivity contribution in [2.45, 2.75) is 0 Å². The first-order valence-corrected chi connectivity index (χ1v) is 5.29. The van der Waals surface area contributed by atoms with Crippen molar-refractivity contribution in [3.05, 3.63) is 59.4 Å². The van der Waals surface area contributed by atoms with Crippen LogP contribution in [0.5, 0.6) is 0 Å². The van der Waals surface area contributed by atoms with E-state index in [2.05, 4.69) is 0 Å². The predicted octanol–water partition coefficient (Wildman–Crippen LogP) is 2.69. The van der Waals surface area contributed by atoms with Crippen LogP contribution in [0.25, 0.3) is 12.3 Å². The van der Waals surface area contributed by atoms with E-state index in [1.165, 1.54) is 16.8 Å². The van der Waals surface area contributed by atoms with E-state index in [1.54, 1.807) is 12.3 Å². The lowest BCUT2D eigenvalue weighted by Crippen LogP contribution is -2.01. The molecule has 0 saturated carbocycles. The third kappa shape index (κ3) is 2.47. The second-order valence-electron chi connectivity index (χ2n) is 3.66. The second-order valence-corrected chi connectivity index (χ2v) is 3.66. The molecule has 2 aromatic rings.